The van der Waals surface area contributed by atoms with Gasteiger partial charge >= 0.3 is 0 Å². The molecule has 1 N–H and O–H groups in total. The van der Waals surface area contributed by atoms with E-state index in [1.165, 1.54) is 11.3 Å². The van der Waals surface area contributed by atoms with Crippen LogP contribution in [0.2, 0.25) is 0 Å². The highest BCUT2D eigenvalue weighted by atomic mass is 32.1. The lowest BCUT2D eigenvalue weighted by atomic mass is 9.86. The molecule has 1 atom stereocenters. The van der Waals surface area contributed by atoms with Gasteiger partial charge in [-0.1, -0.05) is 26.8 Å². The minimum absolute atomic E-state index is 0.0221. The Bertz CT molecular complexity index is 785. The summed E-state index contributed by atoms with van der Waals surface area (Å²) in [7, 11) is 0. The maximum Gasteiger partial charge on any atom is 0.271 e. The molecule has 3 heterocycles. The summed E-state index contributed by atoms with van der Waals surface area (Å²) in [5.74, 6) is -0.130. The highest BCUT2D eigenvalue weighted by Gasteiger charge is 2.27. The van der Waals surface area contributed by atoms with Gasteiger partial charge in [-0.25, -0.2) is 9.97 Å². The third kappa shape index (κ3) is 3.91. The molecule has 0 aliphatic heterocycles. The lowest BCUT2D eigenvalue weighted by molar-refractivity contribution is 0.0888. The molecule has 0 fully saturated rings. The quantitative estimate of drug-likeness (QED) is 0.750. The van der Waals surface area contributed by atoms with E-state index in [0.717, 1.165) is 9.88 Å². The minimum Gasteiger partial charge on any atom is -0.346 e. The number of thiazole rings is 1. The average molecular weight is 361 g/mol. The van der Waals surface area contributed by atoms with Crippen molar-refractivity contribution in [2.24, 2.45) is 5.41 Å². The normalized spacial score (nSPS) is 13.0. The first-order valence-electron chi connectivity index (χ1n) is 7.69. The zero-order valence-electron chi connectivity index (χ0n) is 13.9. The van der Waals surface area contributed by atoms with Crippen LogP contribution in [0.3, 0.4) is 0 Å². The average Bonchev–Trinajstić information content (AvgIpc) is 3.26. The Morgan fingerprint density at radius 1 is 1.38 bits per heavy atom. The Morgan fingerprint density at radius 3 is 2.83 bits per heavy atom. The standard InChI is InChI=1S/C17H20N4OS2/c1-17(2,3)14(9-21-7-6-18-11-21)20-15(22)12-10-24-16(19-12)13-5-4-8-23-13/h4-8,10-11,14H,9H2,1-3H3,(H,20,22)/t14-/m1/s1. The fourth-order valence-corrected chi connectivity index (χ4v) is 3.88. The third-order valence-corrected chi connectivity index (χ3v) is 5.65. The van der Waals surface area contributed by atoms with Gasteiger partial charge in [-0.3, -0.25) is 4.79 Å². The molecule has 3 rings (SSSR count). The van der Waals surface area contributed by atoms with E-state index >= 15 is 0 Å². The molecular formula is C17H20N4OS2. The number of imidazole rings is 1. The number of hydrogen-bond donors (Lipinski definition) is 1. The van der Waals surface area contributed by atoms with Crippen LogP contribution in [0.1, 0.15) is 31.3 Å². The molecule has 1 amide bonds. The van der Waals surface area contributed by atoms with E-state index in [1.807, 2.05) is 33.7 Å². The first-order chi connectivity index (χ1) is 11.4. The lowest BCUT2D eigenvalue weighted by Crippen LogP contribution is -2.46. The van der Waals surface area contributed by atoms with E-state index in [2.05, 4.69) is 36.1 Å². The highest BCUT2D eigenvalue weighted by Crippen LogP contribution is 2.28. The molecular weight excluding hydrogens is 340 g/mol. The van der Waals surface area contributed by atoms with Gasteiger partial charge in [0.2, 0.25) is 0 Å². The number of hydrogen-bond acceptors (Lipinski definition) is 5. The minimum atomic E-state index is -0.130. The van der Waals surface area contributed by atoms with Crippen molar-refractivity contribution in [3.63, 3.8) is 0 Å². The summed E-state index contributed by atoms with van der Waals surface area (Å²) in [5.41, 5.74) is 0.398. The molecule has 7 heteroatoms. The van der Waals surface area contributed by atoms with Crippen LogP contribution < -0.4 is 5.32 Å². The summed E-state index contributed by atoms with van der Waals surface area (Å²) < 4.78 is 1.98. The Labute approximate surface area is 149 Å². The largest absolute Gasteiger partial charge is 0.346 e. The summed E-state index contributed by atoms with van der Waals surface area (Å²) in [6.45, 7) is 7.03. The number of amides is 1. The molecule has 0 bridgehead atoms. The number of nitrogens with one attached hydrogen (secondary N) is 1. The Balaban J connectivity index is 1.73. The summed E-state index contributed by atoms with van der Waals surface area (Å²) in [5, 5.41) is 7.85. The van der Waals surface area contributed by atoms with Crippen LogP contribution in [0.25, 0.3) is 9.88 Å². The summed E-state index contributed by atoms with van der Waals surface area (Å²) >= 11 is 3.13. The van der Waals surface area contributed by atoms with Gasteiger partial charge in [0.05, 0.1) is 17.2 Å². The Hall–Kier alpha value is -1.99. The van der Waals surface area contributed by atoms with Gasteiger partial charge in [-0.05, 0) is 16.9 Å². The van der Waals surface area contributed by atoms with E-state index in [1.54, 1.807) is 23.9 Å². The van der Waals surface area contributed by atoms with Crippen LogP contribution in [0.5, 0.6) is 0 Å². The Morgan fingerprint density at radius 2 is 2.21 bits per heavy atom. The number of nitrogens with zero attached hydrogens (tertiary/aromatic N) is 3. The van der Waals surface area contributed by atoms with Crippen LogP contribution in [-0.2, 0) is 6.54 Å². The fraction of sp³-hybridized carbons (Fsp3) is 0.353. The van der Waals surface area contributed by atoms with Crippen LogP contribution in [-0.4, -0.2) is 26.5 Å². The van der Waals surface area contributed by atoms with Crippen LogP contribution in [0.15, 0.2) is 41.6 Å². The first-order valence-corrected chi connectivity index (χ1v) is 9.45. The topological polar surface area (TPSA) is 59.8 Å². The van der Waals surface area contributed by atoms with Crippen molar-refractivity contribution in [1.82, 2.24) is 19.9 Å². The van der Waals surface area contributed by atoms with Crippen molar-refractivity contribution in [3.8, 4) is 9.88 Å². The van der Waals surface area contributed by atoms with Gasteiger partial charge < -0.3 is 9.88 Å². The molecule has 0 aliphatic carbocycles. The second kappa shape index (κ2) is 6.86. The van der Waals surface area contributed by atoms with Crippen molar-refractivity contribution in [2.75, 3.05) is 0 Å². The van der Waals surface area contributed by atoms with Gasteiger partial charge in [0.15, 0.2) is 0 Å². The lowest BCUT2D eigenvalue weighted by Gasteiger charge is -2.31. The predicted octanol–water partition coefficient (Wildman–Crippen LogP) is 3.91. The van der Waals surface area contributed by atoms with Crippen LogP contribution in [0.4, 0.5) is 0 Å². The second-order valence-corrected chi connectivity index (χ2v) is 8.47. The smallest absolute Gasteiger partial charge is 0.271 e. The van der Waals surface area contributed by atoms with Gasteiger partial charge in [-0.2, -0.15) is 0 Å². The molecule has 0 saturated carbocycles. The van der Waals surface area contributed by atoms with Crippen molar-refractivity contribution < 1.29 is 4.79 Å². The monoisotopic (exact) mass is 360 g/mol. The van der Waals surface area contributed by atoms with E-state index < -0.39 is 0 Å². The van der Waals surface area contributed by atoms with Crippen molar-refractivity contribution in [1.29, 1.82) is 0 Å². The molecule has 0 saturated heterocycles. The number of carbonyl (C=O) groups excluding carboxylic acids is 1. The highest BCUT2D eigenvalue weighted by molar-refractivity contribution is 7.20. The van der Waals surface area contributed by atoms with E-state index in [4.69, 9.17) is 0 Å². The molecule has 0 spiro atoms. The van der Waals surface area contributed by atoms with Gasteiger partial charge in [0.25, 0.3) is 5.91 Å². The molecule has 0 unspecified atom stereocenters. The molecule has 3 aromatic rings. The molecule has 126 valence electrons. The molecule has 0 radical (unpaired) electrons. The number of thiophene rings is 1. The first kappa shape index (κ1) is 16.9. The molecule has 0 aromatic carbocycles. The number of aromatic nitrogens is 3. The number of rotatable bonds is 5. The Kier molecular flexibility index (Phi) is 4.82. The SMILES string of the molecule is CC(C)(C)[C@@H](Cn1ccnc1)NC(=O)c1csc(-c2cccs2)n1. The van der Waals surface area contributed by atoms with Crippen molar-refractivity contribution in [3.05, 3.63) is 47.3 Å². The summed E-state index contributed by atoms with van der Waals surface area (Å²) in [4.78, 5) is 22.3. The van der Waals surface area contributed by atoms with Crippen molar-refractivity contribution >= 4 is 28.6 Å². The molecule has 3 aromatic heterocycles. The fourth-order valence-electron chi connectivity index (χ4n) is 2.27. The van der Waals surface area contributed by atoms with Crippen LogP contribution >= 0.6 is 22.7 Å². The molecule has 24 heavy (non-hydrogen) atoms. The third-order valence-electron chi connectivity index (χ3n) is 3.77. The van der Waals surface area contributed by atoms with Gasteiger partial charge in [0, 0.05) is 24.3 Å². The maximum absolute atomic E-state index is 12.6. The van der Waals surface area contributed by atoms with Crippen LogP contribution in [0, 0.1) is 5.41 Å². The predicted molar refractivity (Wildman–Crippen MR) is 98.4 cm³/mol. The maximum atomic E-state index is 12.6. The zero-order valence-corrected chi connectivity index (χ0v) is 15.5. The van der Waals surface area contributed by atoms with Gasteiger partial charge in [0.1, 0.15) is 10.7 Å². The van der Waals surface area contributed by atoms with E-state index in [0.29, 0.717) is 12.2 Å². The number of carbonyl (C=O) groups is 1. The summed E-state index contributed by atoms with van der Waals surface area (Å²) in [6.07, 6.45) is 5.42. The molecule has 5 nitrogen and oxygen atoms in total. The second-order valence-electron chi connectivity index (χ2n) is 6.67. The van der Waals surface area contributed by atoms with E-state index in [9.17, 15) is 4.79 Å². The van der Waals surface area contributed by atoms with Crippen molar-refractivity contribution in [2.45, 2.75) is 33.4 Å². The van der Waals surface area contributed by atoms with Gasteiger partial charge in [-0.15, -0.1) is 22.7 Å². The zero-order chi connectivity index (χ0) is 17.2. The molecule has 0 aliphatic rings. The van der Waals surface area contributed by atoms with E-state index in [-0.39, 0.29) is 17.4 Å². The summed E-state index contributed by atoms with van der Waals surface area (Å²) in [6, 6.07) is 3.98.